The average molecular weight is 248 g/mol. The predicted molar refractivity (Wildman–Crippen MR) is 50.7 cm³/mol. The van der Waals surface area contributed by atoms with E-state index in [1.807, 2.05) is 0 Å². The van der Waals surface area contributed by atoms with Crippen molar-refractivity contribution in [2.75, 3.05) is 0 Å². The van der Waals surface area contributed by atoms with Gasteiger partial charge in [0.1, 0.15) is 0 Å². The van der Waals surface area contributed by atoms with E-state index in [4.69, 9.17) is 0 Å². The van der Waals surface area contributed by atoms with Gasteiger partial charge in [-0.15, -0.1) is 0 Å². The molecular weight excluding hydrogens is 237 g/mol. The van der Waals surface area contributed by atoms with Crippen LogP contribution < -0.4 is 0 Å². The van der Waals surface area contributed by atoms with Crippen LogP contribution in [0.4, 0.5) is 13.2 Å². The van der Waals surface area contributed by atoms with E-state index in [-0.39, 0.29) is 11.5 Å². The van der Waals surface area contributed by atoms with E-state index in [9.17, 15) is 22.8 Å². The molecule has 2 aliphatic rings. The van der Waals surface area contributed by atoms with Crippen LogP contribution in [0.15, 0.2) is 11.6 Å². The first-order valence-electron chi connectivity index (χ1n) is 5.43. The lowest BCUT2D eigenvalue weighted by Gasteiger charge is -2.40. The second kappa shape index (κ2) is 4.16. The Balaban J connectivity index is 2.01. The van der Waals surface area contributed by atoms with E-state index in [0.717, 1.165) is 19.3 Å². The number of hydrogen-bond donors (Lipinski definition) is 0. The number of carbonyl (C=O) groups is 2. The molecule has 2 unspecified atom stereocenters. The van der Waals surface area contributed by atoms with Gasteiger partial charge in [-0.1, -0.05) is 6.08 Å². The second-order valence-corrected chi connectivity index (χ2v) is 4.36. The predicted octanol–water partition coefficient (Wildman–Crippen LogP) is 2.36. The number of halogens is 3. The van der Waals surface area contributed by atoms with Crippen molar-refractivity contribution in [3.63, 3.8) is 0 Å². The smallest absolute Gasteiger partial charge is 0.383 e. The third-order valence-corrected chi connectivity index (χ3v) is 3.37. The lowest BCUT2D eigenvalue weighted by molar-refractivity contribution is -0.201. The van der Waals surface area contributed by atoms with E-state index < -0.39 is 18.1 Å². The summed E-state index contributed by atoms with van der Waals surface area (Å²) in [7, 11) is 0. The minimum atomic E-state index is -5.12. The lowest BCUT2D eigenvalue weighted by atomic mass is 9.65. The van der Waals surface area contributed by atoms with Crippen LogP contribution in [0.1, 0.15) is 25.7 Å². The Kier molecular flexibility index (Phi) is 2.97. The molecule has 6 heteroatoms. The molecule has 2 aliphatic carbocycles. The normalized spacial score (nSPS) is 27.6. The molecule has 1 saturated carbocycles. The minimum absolute atomic E-state index is 0.0164. The molecule has 0 saturated heterocycles. The third kappa shape index (κ3) is 2.35. The average Bonchev–Trinajstić information content (AvgIpc) is 2.17. The Morgan fingerprint density at radius 3 is 2.47 bits per heavy atom. The summed E-state index contributed by atoms with van der Waals surface area (Å²) in [6, 6.07) is 0. The molecule has 0 amide bonds. The van der Waals surface area contributed by atoms with Crippen LogP contribution in [0, 0.1) is 11.8 Å². The zero-order valence-electron chi connectivity index (χ0n) is 8.92. The molecule has 0 N–H and O–H groups in total. The topological polar surface area (TPSA) is 43.4 Å². The molecule has 3 nitrogen and oxygen atoms in total. The van der Waals surface area contributed by atoms with E-state index in [0.29, 0.717) is 12.3 Å². The van der Waals surface area contributed by atoms with E-state index in [1.165, 1.54) is 0 Å². The van der Waals surface area contributed by atoms with E-state index in [1.54, 1.807) is 6.08 Å². The monoisotopic (exact) mass is 248 g/mol. The number of allylic oxidation sites excluding steroid dienone is 1. The van der Waals surface area contributed by atoms with Crippen LogP contribution in [-0.2, 0) is 14.3 Å². The number of alkyl halides is 3. The Bertz CT molecular complexity index is 384. The number of fused-ring (bicyclic) bond motifs is 1. The summed E-state index contributed by atoms with van der Waals surface area (Å²) >= 11 is 0. The highest BCUT2D eigenvalue weighted by molar-refractivity contribution is 5.98. The first kappa shape index (κ1) is 12.1. The van der Waals surface area contributed by atoms with Crippen molar-refractivity contribution in [1.82, 2.24) is 0 Å². The first-order valence-corrected chi connectivity index (χ1v) is 5.43. The van der Waals surface area contributed by atoms with Crippen LogP contribution in [0.5, 0.6) is 0 Å². The summed E-state index contributed by atoms with van der Waals surface area (Å²) < 4.78 is 39.6. The fourth-order valence-electron chi connectivity index (χ4n) is 2.36. The zero-order valence-corrected chi connectivity index (χ0v) is 8.92. The number of rotatable bonds is 1. The van der Waals surface area contributed by atoms with Gasteiger partial charge in [0.2, 0.25) is 0 Å². The number of hydrogen-bond acceptors (Lipinski definition) is 3. The Morgan fingerprint density at radius 1 is 1.24 bits per heavy atom. The van der Waals surface area contributed by atoms with Crippen molar-refractivity contribution in [3.05, 3.63) is 11.6 Å². The van der Waals surface area contributed by atoms with Crippen molar-refractivity contribution in [3.8, 4) is 0 Å². The van der Waals surface area contributed by atoms with Gasteiger partial charge in [-0.3, -0.25) is 0 Å². The van der Waals surface area contributed by atoms with Gasteiger partial charge in [-0.2, -0.15) is 13.2 Å². The molecule has 0 aromatic carbocycles. The highest BCUT2D eigenvalue weighted by Gasteiger charge is 2.45. The highest BCUT2D eigenvalue weighted by atomic mass is 19.4. The summed E-state index contributed by atoms with van der Waals surface area (Å²) in [6.07, 6.45) is -0.148. The Hall–Kier alpha value is -1.33. The molecule has 0 aromatic heterocycles. The molecule has 2 rings (SSSR count). The molecule has 2 atom stereocenters. The maximum absolute atomic E-state index is 11.9. The molecule has 17 heavy (non-hydrogen) atoms. The molecule has 0 aromatic rings. The zero-order chi connectivity index (χ0) is 12.6. The SMILES string of the molecule is O=C(OC(=O)C(F)(F)F)C1=CCCC2CCC12. The van der Waals surface area contributed by atoms with Crippen molar-refractivity contribution in [2.24, 2.45) is 11.8 Å². The maximum Gasteiger partial charge on any atom is 0.491 e. The van der Waals surface area contributed by atoms with Crippen molar-refractivity contribution >= 4 is 11.9 Å². The summed E-state index contributed by atoms with van der Waals surface area (Å²) in [5, 5.41) is 0. The van der Waals surface area contributed by atoms with Crippen LogP contribution in [0.3, 0.4) is 0 Å². The van der Waals surface area contributed by atoms with Gasteiger partial charge in [0.15, 0.2) is 0 Å². The minimum Gasteiger partial charge on any atom is -0.383 e. The lowest BCUT2D eigenvalue weighted by Crippen LogP contribution is -2.36. The fourth-order valence-corrected chi connectivity index (χ4v) is 2.36. The van der Waals surface area contributed by atoms with Gasteiger partial charge >= 0.3 is 18.1 Å². The molecule has 0 spiro atoms. The van der Waals surface area contributed by atoms with Gasteiger partial charge in [-0.25, -0.2) is 9.59 Å². The molecule has 0 radical (unpaired) electrons. The molecule has 0 heterocycles. The van der Waals surface area contributed by atoms with Crippen LogP contribution in [-0.4, -0.2) is 18.1 Å². The van der Waals surface area contributed by atoms with Crippen LogP contribution in [0.25, 0.3) is 0 Å². The highest BCUT2D eigenvalue weighted by Crippen LogP contribution is 2.45. The number of ether oxygens (including phenoxy) is 1. The van der Waals surface area contributed by atoms with E-state index in [2.05, 4.69) is 4.74 Å². The molecular formula is C11H11F3O3. The van der Waals surface area contributed by atoms with Gasteiger partial charge < -0.3 is 4.74 Å². The van der Waals surface area contributed by atoms with Crippen LogP contribution >= 0.6 is 0 Å². The van der Waals surface area contributed by atoms with Gasteiger partial charge in [0.05, 0.1) is 0 Å². The summed E-state index contributed by atoms with van der Waals surface area (Å²) in [5.41, 5.74) is 0.241. The summed E-state index contributed by atoms with van der Waals surface area (Å²) in [5.74, 6) is -3.23. The van der Waals surface area contributed by atoms with Crippen molar-refractivity contribution in [2.45, 2.75) is 31.9 Å². The molecule has 94 valence electrons. The molecule has 0 aliphatic heterocycles. The quantitative estimate of drug-likeness (QED) is 0.528. The Morgan fingerprint density at radius 2 is 1.94 bits per heavy atom. The number of esters is 2. The van der Waals surface area contributed by atoms with Gasteiger partial charge in [-0.05, 0) is 37.5 Å². The largest absolute Gasteiger partial charge is 0.491 e. The number of carbonyl (C=O) groups excluding carboxylic acids is 2. The fraction of sp³-hybridized carbons (Fsp3) is 0.636. The van der Waals surface area contributed by atoms with Crippen LogP contribution in [0.2, 0.25) is 0 Å². The Labute approximate surface area is 95.6 Å². The molecule has 0 bridgehead atoms. The van der Waals surface area contributed by atoms with Crippen molar-refractivity contribution < 1.29 is 27.5 Å². The molecule has 1 fully saturated rings. The first-order chi connectivity index (χ1) is 7.89. The standard InChI is InChI=1S/C11H11F3O3/c12-11(13,14)10(16)17-9(15)8-3-1-2-6-4-5-7(6)8/h3,6-7H,1-2,4-5H2. The maximum atomic E-state index is 11.9. The van der Waals surface area contributed by atoms with Gasteiger partial charge in [0, 0.05) is 5.57 Å². The third-order valence-electron chi connectivity index (χ3n) is 3.37. The summed E-state index contributed by atoms with van der Waals surface area (Å²) in [4.78, 5) is 22.0. The summed E-state index contributed by atoms with van der Waals surface area (Å²) in [6.45, 7) is 0. The van der Waals surface area contributed by atoms with Crippen molar-refractivity contribution in [1.29, 1.82) is 0 Å². The second-order valence-electron chi connectivity index (χ2n) is 4.36. The van der Waals surface area contributed by atoms with Gasteiger partial charge in [0.25, 0.3) is 0 Å². The van der Waals surface area contributed by atoms with E-state index >= 15 is 0 Å².